The van der Waals surface area contributed by atoms with Gasteiger partial charge in [-0.25, -0.2) is 0 Å². The maximum Gasteiger partial charge on any atom is 0.0625 e. The molecule has 2 heterocycles. The summed E-state index contributed by atoms with van der Waals surface area (Å²) in [5, 5.41) is 0. The van der Waals surface area contributed by atoms with Crippen LogP contribution < -0.4 is 0 Å². The van der Waals surface area contributed by atoms with Crippen molar-refractivity contribution < 1.29 is 4.74 Å². The molecule has 0 saturated carbocycles. The van der Waals surface area contributed by atoms with Crippen molar-refractivity contribution in [2.24, 2.45) is 5.92 Å². The van der Waals surface area contributed by atoms with Crippen molar-refractivity contribution in [3.63, 3.8) is 0 Å². The van der Waals surface area contributed by atoms with Gasteiger partial charge in [0, 0.05) is 18.0 Å². The van der Waals surface area contributed by atoms with E-state index in [-0.39, 0.29) is 0 Å². The molecule has 0 amide bonds. The lowest BCUT2D eigenvalue weighted by atomic mass is 10.0. The normalized spacial score (nSPS) is 38.5. The summed E-state index contributed by atoms with van der Waals surface area (Å²) in [6.07, 6.45) is 1.35. The van der Waals surface area contributed by atoms with Crippen LogP contribution in [-0.2, 0) is 4.74 Å². The van der Waals surface area contributed by atoms with E-state index in [1.165, 1.54) is 13.0 Å². The van der Waals surface area contributed by atoms with Gasteiger partial charge in [0.15, 0.2) is 0 Å². The van der Waals surface area contributed by atoms with Crippen LogP contribution in [0.15, 0.2) is 0 Å². The van der Waals surface area contributed by atoms with E-state index < -0.39 is 0 Å². The summed E-state index contributed by atoms with van der Waals surface area (Å²) in [4.78, 5) is 2.58. The van der Waals surface area contributed by atoms with Gasteiger partial charge in [-0.3, -0.25) is 4.90 Å². The van der Waals surface area contributed by atoms with Crippen molar-refractivity contribution in [3.8, 4) is 0 Å². The summed E-state index contributed by atoms with van der Waals surface area (Å²) in [7, 11) is 0. The first kappa shape index (κ1) is 7.56. The first-order valence-corrected chi connectivity index (χ1v) is 4.62. The summed E-state index contributed by atoms with van der Waals surface area (Å²) in [5.41, 5.74) is 0. The minimum absolute atomic E-state index is 0.701. The SMILES string of the molecule is CC(C)N1CC[C@@H]2COC[C@H]21. The average Bonchev–Trinajstić information content (AvgIpc) is 2.41. The lowest BCUT2D eigenvalue weighted by Crippen LogP contribution is -2.37. The second-order valence-electron chi connectivity index (χ2n) is 3.99. The van der Waals surface area contributed by atoms with Gasteiger partial charge < -0.3 is 4.74 Å². The summed E-state index contributed by atoms with van der Waals surface area (Å²) < 4.78 is 5.45. The van der Waals surface area contributed by atoms with Gasteiger partial charge in [0.25, 0.3) is 0 Å². The summed E-state index contributed by atoms with van der Waals surface area (Å²) in [6, 6.07) is 1.45. The molecule has 0 aromatic heterocycles. The molecule has 64 valence electrons. The van der Waals surface area contributed by atoms with Crippen molar-refractivity contribution >= 4 is 0 Å². The van der Waals surface area contributed by atoms with E-state index in [4.69, 9.17) is 4.74 Å². The molecule has 2 heteroatoms. The van der Waals surface area contributed by atoms with Crippen LogP contribution in [0.4, 0.5) is 0 Å². The third-order valence-corrected chi connectivity index (χ3v) is 3.01. The number of rotatable bonds is 1. The van der Waals surface area contributed by atoms with Crippen LogP contribution in [0.1, 0.15) is 20.3 Å². The molecule has 2 atom stereocenters. The van der Waals surface area contributed by atoms with Crippen LogP contribution in [0.2, 0.25) is 0 Å². The van der Waals surface area contributed by atoms with Crippen molar-refractivity contribution in [1.82, 2.24) is 4.90 Å². The second kappa shape index (κ2) is 2.76. The fraction of sp³-hybridized carbons (Fsp3) is 1.00. The Kier molecular flexibility index (Phi) is 1.90. The van der Waals surface area contributed by atoms with Gasteiger partial charge in [0.05, 0.1) is 13.2 Å². The third-order valence-electron chi connectivity index (χ3n) is 3.01. The molecule has 0 radical (unpaired) electrons. The Morgan fingerprint density at radius 2 is 2.18 bits per heavy atom. The molecule has 0 spiro atoms. The molecule has 0 unspecified atom stereocenters. The number of nitrogens with zero attached hydrogens (tertiary/aromatic N) is 1. The van der Waals surface area contributed by atoms with E-state index in [2.05, 4.69) is 18.7 Å². The molecule has 2 rings (SSSR count). The number of hydrogen-bond donors (Lipinski definition) is 0. The second-order valence-corrected chi connectivity index (χ2v) is 3.99. The number of hydrogen-bond acceptors (Lipinski definition) is 2. The van der Waals surface area contributed by atoms with Crippen LogP contribution >= 0.6 is 0 Å². The van der Waals surface area contributed by atoms with Crippen LogP contribution in [0, 0.1) is 5.92 Å². The number of ether oxygens (including phenoxy) is 1. The van der Waals surface area contributed by atoms with E-state index in [1.807, 2.05) is 0 Å². The van der Waals surface area contributed by atoms with E-state index in [9.17, 15) is 0 Å². The zero-order valence-electron chi connectivity index (χ0n) is 7.42. The van der Waals surface area contributed by atoms with Gasteiger partial charge in [0.2, 0.25) is 0 Å². The molecular formula is C9H17NO. The molecule has 2 saturated heterocycles. The molecule has 2 fully saturated rings. The average molecular weight is 155 g/mol. The van der Waals surface area contributed by atoms with Gasteiger partial charge in [-0.2, -0.15) is 0 Å². The molecule has 11 heavy (non-hydrogen) atoms. The number of fused-ring (bicyclic) bond motifs is 1. The Balaban J connectivity index is 2.03. The summed E-state index contributed by atoms with van der Waals surface area (Å²) in [5.74, 6) is 0.845. The van der Waals surface area contributed by atoms with E-state index in [0.717, 1.165) is 25.2 Å². The molecule has 0 aliphatic carbocycles. The van der Waals surface area contributed by atoms with Gasteiger partial charge >= 0.3 is 0 Å². The highest BCUT2D eigenvalue weighted by molar-refractivity contribution is 4.91. The lowest BCUT2D eigenvalue weighted by Gasteiger charge is -2.26. The van der Waals surface area contributed by atoms with E-state index in [0.29, 0.717) is 6.04 Å². The fourth-order valence-electron chi connectivity index (χ4n) is 2.35. The Bertz CT molecular complexity index is 146. The molecule has 2 nitrogen and oxygen atoms in total. The van der Waals surface area contributed by atoms with Crippen LogP contribution in [0.25, 0.3) is 0 Å². The van der Waals surface area contributed by atoms with E-state index in [1.54, 1.807) is 0 Å². The summed E-state index contributed by atoms with van der Waals surface area (Å²) in [6.45, 7) is 7.83. The topological polar surface area (TPSA) is 12.5 Å². The Morgan fingerprint density at radius 1 is 1.36 bits per heavy atom. The van der Waals surface area contributed by atoms with Gasteiger partial charge in [-0.15, -0.1) is 0 Å². The molecule has 2 aliphatic heterocycles. The standard InChI is InChI=1S/C9H17NO/c1-7(2)10-4-3-8-5-11-6-9(8)10/h7-9H,3-6H2,1-2H3/t8-,9-/m1/s1. The van der Waals surface area contributed by atoms with Crippen molar-refractivity contribution in [2.45, 2.75) is 32.4 Å². The molecule has 0 aromatic rings. The Morgan fingerprint density at radius 3 is 2.91 bits per heavy atom. The maximum absolute atomic E-state index is 5.45. The molecule has 2 aliphatic rings. The monoisotopic (exact) mass is 155 g/mol. The van der Waals surface area contributed by atoms with Gasteiger partial charge in [0.1, 0.15) is 0 Å². The molecular weight excluding hydrogens is 138 g/mol. The lowest BCUT2D eigenvalue weighted by molar-refractivity contribution is 0.131. The molecule has 0 aromatic carbocycles. The Labute approximate surface area is 68.5 Å². The first-order valence-electron chi connectivity index (χ1n) is 4.62. The van der Waals surface area contributed by atoms with E-state index >= 15 is 0 Å². The van der Waals surface area contributed by atoms with Gasteiger partial charge in [-0.1, -0.05) is 0 Å². The van der Waals surface area contributed by atoms with Crippen molar-refractivity contribution in [1.29, 1.82) is 0 Å². The smallest absolute Gasteiger partial charge is 0.0625 e. The zero-order valence-corrected chi connectivity index (χ0v) is 7.42. The zero-order chi connectivity index (χ0) is 7.84. The first-order chi connectivity index (χ1) is 5.29. The molecule has 0 bridgehead atoms. The fourth-order valence-corrected chi connectivity index (χ4v) is 2.35. The molecule has 0 N–H and O–H groups in total. The minimum atomic E-state index is 0.701. The number of likely N-dealkylation sites (tertiary alicyclic amines) is 1. The quantitative estimate of drug-likeness (QED) is 0.562. The van der Waals surface area contributed by atoms with Crippen LogP contribution in [0.3, 0.4) is 0 Å². The highest BCUT2D eigenvalue weighted by Gasteiger charge is 2.39. The maximum atomic E-state index is 5.45. The largest absolute Gasteiger partial charge is 0.379 e. The highest BCUT2D eigenvalue weighted by atomic mass is 16.5. The third kappa shape index (κ3) is 1.18. The van der Waals surface area contributed by atoms with Crippen molar-refractivity contribution in [3.05, 3.63) is 0 Å². The minimum Gasteiger partial charge on any atom is -0.379 e. The highest BCUT2D eigenvalue weighted by Crippen LogP contribution is 2.30. The Hall–Kier alpha value is -0.0800. The van der Waals surface area contributed by atoms with Crippen LogP contribution in [-0.4, -0.2) is 36.7 Å². The predicted octanol–water partition coefficient (Wildman–Crippen LogP) is 1.12. The summed E-state index contributed by atoms with van der Waals surface area (Å²) >= 11 is 0. The predicted molar refractivity (Wildman–Crippen MR) is 44.6 cm³/mol. The van der Waals surface area contributed by atoms with Crippen molar-refractivity contribution in [2.75, 3.05) is 19.8 Å². The van der Waals surface area contributed by atoms with Gasteiger partial charge in [-0.05, 0) is 26.8 Å². The van der Waals surface area contributed by atoms with Crippen LogP contribution in [0.5, 0.6) is 0 Å².